The summed E-state index contributed by atoms with van der Waals surface area (Å²) in [6.45, 7) is 12.8. The lowest BCUT2D eigenvalue weighted by atomic mass is 9.55. The van der Waals surface area contributed by atoms with E-state index in [-0.39, 0.29) is 55.4 Å². The van der Waals surface area contributed by atoms with Gasteiger partial charge in [-0.1, -0.05) is 67.9 Å². The number of hydrogen-bond acceptors (Lipinski definition) is 10. The van der Waals surface area contributed by atoms with E-state index in [1.165, 1.54) is 0 Å². The van der Waals surface area contributed by atoms with E-state index in [9.17, 15) is 10.2 Å². The molecule has 6 rings (SSSR count). The van der Waals surface area contributed by atoms with Crippen LogP contribution in [0.4, 0.5) is 0 Å². The van der Waals surface area contributed by atoms with Gasteiger partial charge in [-0.2, -0.15) is 4.31 Å². The first-order valence-electron chi connectivity index (χ1n) is 20.1. The Morgan fingerprint density at radius 3 is 2.52 bits per heavy atom. The standard InChI is InChI=1S/C44H57N3O8S/c1-5-23-47(56(50,51)39-19-13-16-31-17-14-22-45-43(31)39)40-30-37(46-54-8-4)35-28-32(15-9-11-24-48)34(18-10-12-25-49)41-36-29-33(52-26-6-2)20-21-38(36)55-44(40,42(35)41)53-27-7-3/h6-7,13-14,16-17,19-22,28-29,32,34,40-42,48-49H,2-3,5,8-12,15,18,23-27,30H2,1,4H3/t32-,34+,40-,41+,42+,44+/m0/s1. The number of sulfonamides is 1. The third kappa shape index (κ3) is 8.17. The quantitative estimate of drug-likeness (QED) is 0.0636. The highest BCUT2D eigenvalue weighted by Crippen LogP contribution is 2.62. The molecular weight excluding hydrogens is 731 g/mol. The molecule has 56 heavy (non-hydrogen) atoms. The zero-order chi connectivity index (χ0) is 39.7. The maximum atomic E-state index is 15.3. The Balaban J connectivity index is 1.64. The van der Waals surface area contributed by atoms with E-state index < -0.39 is 27.8 Å². The van der Waals surface area contributed by atoms with Crippen molar-refractivity contribution in [1.82, 2.24) is 9.29 Å². The first-order valence-corrected chi connectivity index (χ1v) is 21.5. The molecule has 6 atom stereocenters. The number of oxime groups is 1. The van der Waals surface area contributed by atoms with Crippen LogP contribution in [0.2, 0.25) is 0 Å². The molecule has 1 fully saturated rings. The van der Waals surface area contributed by atoms with E-state index in [1.807, 2.05) is 44.2 Å². The molecule has 0 radical (unpaired) electrons. The van der Waals surface area contributed by atoms with Gasteiger partial charge >= 0.3 is 0 Å². The fraction of sp³-hybridized carbons (Fsp3) is 0.500. The number of unbranched alkanes of at least 4 members (excludes halogenated alkanes) is 2. The summed E-state index contributed by atoms with van der Waals surface area (Å²) in [5.41, 5.74) is 2.91. The number of ether oxygens (including phenoxy) is 3. The van der Waals surface area contributed by atoms with Crippen LogP contribution in [0.5, 0.6) is 11.5 Å². The third-order valence-corrected chi connectivity index (χ3v) is 13.2. The summed E-state index contributed by atoms with van der Waals surface area (Å²) in [6.07, 6.45) is 12.5. The number of rotatable bonds is 21. The maximum absolute atomic E-state index is 15.3. The van der Waals surface area contributed by atoms with Gasteiger partial charge in [0.1, 0.15) is 29.6 Å². The molecule has 2 heterocycles. The summed E-state index contributed by atoms with van der Waals surface area (Å²) in [5, 5.41) is 25.1. The summed E-state index contributed by atoms with van der Waals surface area (Å²) in [4.78, 5) is 10.5. The maximum Gasteiger partial charge on any atom is 0.245 e. The second-order valence-electron chi connectivity index (χ2n) is 14.7. The Bertz CT molecular complexity index is 2000. The van der Waals surface area contributed by atoms with Crippen LogP contribution in [0.3, 0.4) is 0 Å². The number of aromatic nitrogens is 1. The molecule has 302 valence electrons. The Kier molecular flexibility index (Phi) is 14.0. The molecule has 0 unspecified atom stereocenters. The highest BCUT2D eigenvalue weighted by atomic mass is 32.2. The monoisotopic (exact) mass is 787 g/mol. The molecule has 0 spiro atoms. The van der Waals surface area contributed by atoms with Crippen molar-refractivity contribution in [3.63, 3.8) is 0 Å². The molecule has 11 nitrogen and oxygen atoms in total. The molecule has 2 aromatic carbocycles. The number of hydrogen-bond donors (Lipinski definition) is 2. The van der Waals surface area contributed by atoms with Gasteiger partial charge in [-0.15, -0.1) is 6.58 Å². The molecule has 12 heteroatoms. The van der Waals surface area contributed by atoms with E-state index in [4.69, 9.17) is 24.2 Å². The average Bonchev–Trinajstić information content (AvgIpc) is 3.21. The third-order valence-electron chi connectivity index (χ3n) is 11.3. The van der Waals surface area contributed by atoms with Crippen LogP contribution in [-0.4, -0.2) is 85.0 Å². The Labute approximate surface area is 331 Å². The number of allylic oxidation sites excluding steroid dienone is 1. The van der Waals surface area contributed by atoms with Gasteiger partial charge in [0.25, 0.3) is 0 Å². The molecule has 1 aliphatic heterocycles. The van der Waals surface area contributed by atoms with E-state index in [2.05, 4.69) is 24.2 Å². The van der Waals surface area contributed by atoms with Gasteiger partial charge in [-0.25, -0.2) is 8.42 Å². The number of aliphatic hydroxyl groups excluding tert-OH is 2. The van der Waals surface area contributed by atoms with E-state index in [1.54, 1.807) is 40.9 Å². The Morgan fingerprint density at radius 1 is 1.02 bits per heavy atom. The molecule has 2 aliphatic carbocycles. The molecule has 3 aliphatic rings. The first-order chi connectivity index (χ1) is 27.3. The van der Waals surface area contributed by atoms with Gasteiger partial charge in [0, 0.05) is 49.2 Å². The lowest BCUT2D eigenvalue weighted by Gasteiger charge is -2.59. The Hall–Kier alpha value is -4.07. The number of nitrogens with zero attached hydrogens (tertiary/aromatic N) is 3. The van der Waals surface area contributed by atoms with Gasteiger partial charge in [-0.05, 0) is 86.8 Å². The largest absolute Gasteiger partial charge is 0.490 e. The van der Waals surface area contributed by atoms with Crippen molar-refractivity contribution in [3.05, 3.63) is 97.3 Å². The topological polar surface area (TPSA) is 140 Å². The van der Waals surface area contributed by atoms with Crippen molar-refractivity contribution in [3.8, 4) is 11.5 Å². The summed E-state index contributed by atoms with van der Waals surface area (Å²) >= 11 is 0. The summed E-state index contributed by atoms with van der Waals surface area (Å²) in [5.74, 6) is -0.869. The first kappa shape index (κ1) is 41.6. The summed E-state index contributed by atoms with van der Waals surface area (Å²) < 4.78 is 52.6. The number of aliphatic hydroxyl groups is 2. The van der Waals surface area contributed by atoms with Crippen molar-refractivity contribution in [2.45, 2.75) is 87.9 Å². The average molecular weight is 788 g/mol. The minimum atomic E-state index is -4.23. The molecular formula is C44H57N3O8S. The SMILES string of the molecule is C=CCOc1ccc2c(c1)[C@H]1[C@H](CCCCO)[C@@H](CCCCO)C=C3C(=NOCC)C[C@H](N(CCC)S(=O)(=O)c4cccc5cccnc45)[C@@](OCC=C)(O2)[C@H]31. The van der Waals surface area contributed by atoms with Crippen molar-refractivity contribution in [2.75, 3.05) is 39.6 Å². The molecule has 0 amide bonds. The highest BCUT2D eigenvalue weighted by molar-refractivity contribution is 7.89. The number of para-hydroxylation sites is 1. The van der Waals surface area contributed by atoms with Crippen molar-refractivity contribution >= 4 is 26.6 Å². The van der Waals surface area contributed by atoms with E-state index in [0.717, 1.165) is 42.2 Å². The van der Waals surface area contributed by atoms with Crippen LogP contribution >= 0.6 is 0 Å². The fourth-order valence-corrected chi connectivity index (χ4v) is 11.0. The van der Waals surface area contributed by atoms with E-state index >= 15 is 8.42 Å². The van der Waals surface area contributed by atoms with Crippen LogP contribution in [0, 0.1) is 17.8 Å². The molecule has 2 N–H and O–H groups in total. The zero-order valence-corrected chi connectivity index (χ0v) is 33.5. The van der Waals surface area contributed by atoms with Crippen molar-refractivity contribution in [1.29, 1.82) is 0 Å². The summed E-state index contributed by atoms with van der Waals surface area (Å²) in [7, 11) is -4.23. The molecule has 1 saturated carbocycles. The van der Waals surface area contributed by atoms with Crippen molar-refractivity contribution in [2.24, 2.45) is 22.9 Å². The van der Waals surface area contributed by atoms with Gasteiger partial charge in [0.05, 0.1) is 29.8 Å². The molecule has 0 bridgehead atoms. The van der Waals surface area contributed by atoms with Crippen molar-refractivity contribution < 1.29 is 37.7 Å². The van der Waals surface area contributed by atoms with Gasteiger partial charge in [0.15, 0.2) is 0 Å². The van der Waals surface area contributed by atoms with Gasteiger partial charge in [0.2, 0.25) is 15.8 Å². The number of pyridine rings is 1. The minimum Gasteiger partial charge on any atom is -0.490 e. The lowest BCUT2D eigenvalue weighted by molar-refractivity contribution is -0.251. The molecule has 1 aromatic heterocycles. The molecule has 3 aromatic rings. The smallest absolute Gasteiger partial charge is 0.245 e. The Morgan fingerprint density at radius 2 is 1.79 bits per heavy atom. The number of benzene rings is 2. The van der Waals surface area contributed by atoms with E-state index in [0.29, 0.717) is 55.2 Å². The van der Waals surface area contributed by atoms with Crippen LogP contribution in [0.25, 0.3) is 10.9 Å². The highest BCUT2D eigenvalue weighted by Gasteiger charge is 2.66. The lowest BCUT2D eigenvalue weighted by Crippen LogP contribution is -2.70. The molecule has 0 saturated heterocycles. The van der Waals surface area contributed by atoms with Gasteiger partial charge < -0.3 is 29.3 Å². The van der Waals surface area contributed by atoms with Crippen LogP contribution < -0.4 is 9.47 Å². The predicted molar refractivity (Wildman–Crippen MR) is 218 cm³/mol. The second kappa shape index (κ2) is 18.9. The minimum absolute atomic E-state index is 0.0450. The number of fused-ring (bicyclic) bond motifs is 3. The van der Waals surface area contributed by atoms with Gasteiger partial charge in [-0.3, -0.25) is 4.98 Å². The van der Waals surface area contributed by atoms with Crippen LogP contribution in [-0.2, 0) is 19.6 Å². The zero-order valence-electron chi connectivity index (χ0n) is 32.7. The van der Waals surface area contributed by atoms with Crippen LogP contribution in [0.1, 0.15) is 76.7 Å². The van der Waals surface area contributed by atoms with Crippen LogP contribution in [0.15, 0.2) is 102 Å². The second-order valence-corrected chi connectivity index (χ2v) is 16.6. The predicted octanol–water partition coefficient (Wildman–Crippen LogP) is 7.55. The fourth-order valence-electron chi connectivity index (χ4n) is 9.09. The summed E-state index contributed by atoms with van der Waals surface area (Å²) in [6, 6.07) is 13.8. The normalized spacial score (nSPS) is 24.9.